The maximum atomic E-state index is 12.2. The summed E-state index contributed by atoms with van der Waals surface area (Å²) < 4.78 is 26.9. The Hall–Kier alpha value is -2.05. The molecule has 102 valence electrons. The van der Waals surface area contributed by atoms with Crippen molar-refractivity contribution in [3.8, 4) is 0 Å². The van der Waals surface area contributed by atoms with Crippen LogP contribution in [0.1, 0.15) is 0 Å². The van der Waals surface area contributed by atoms with E-state index in [2.05, 4.69) is 14.7 Å². The Morgan fingerprint density at radius 1 is 1.15 bits per heavy atom. The molecule has 20 heavy (non-hydrogen) atoms. The van der Waals surface area contributed by atoms with Crippen LogP contribution in [0.4, 0.5) is 5.69 Å². The molecular weight excluding hydrogens is 298 g/mol. The predicted molar refractivity (Wildman–Crippen MR) is 78.4 cm³/mol. The summed E-state index contributed by atoms with van der Waals surface area (Å²) in [6.45, 7) is 0. The molecule has 5 nitrogen and oxygen atoms in total. The lowest BCUT2D eigenvalue weighted by Crippen LogP contribution is -2.13. The van der Waals surface area contributed by atoms with Crippen molar-refractivity contribution in [3.05, 3.63) is 53.8 Å². The Labute approximate surface area is 120 Å². The molecule has 0 atom stereocenters. The standard InChI is InChI=1S/C13H10ClN3O2S/c14-10-6-12-13(16-8-15-12)7-11(10)17-20(18,19)9-4-2-1-3-5-9/h1-8,17H,(H,15,16). The number of halogens is 1. The molecule has 0 radical (unpaired) electrons. The van der Waals surface area contributed by atoms with Crippen LogP contribution in [-0.2, 0) is 10.0 Å². The zero-order valence-electron chi connectivity index (χ0n) is 10.2. The number of hydrogen-bond acceptors (Lipinski definition) is 3. The molecule has 3 aromatic rings. The van der Waals surface area contributed by atoms with Crippen LogP contribution in [-0.4, -0.2) is 18.4 Å². The van der Waals surface area contributed by atoms with Gasteiger partial charge in [-0.15, -0.1) is 0 Å². The van der Waals surface area contributed by atoms with Gasteiger partial charge in [0.1, 0.15) is 0 Å². The van der Waals surface area contributed by atoms with Crippen LogP contribution in [0.25, 0.3) is 11.0 Å². The molecule has 0 aliphatic rings. The first-order valence-corrected chi connectivity index (χ1v) is 7.63. The molecule has 0 aliphatic heterocycles. The minimum absolute atomic E-state index is 0.179. The summed E-state index contributed by atoms with van der Waals surface area (Å²) in [5.41, 5.74) is 1.69. The highest BCUT2D eigenvalue weighted by molar-refractivity contribution is 7.92. The van der Waals surface area contributed by atoms with Crippen LogP contribution in [0.15, 0.2) is 53.7 Å². The molecule has 7 heteroatoms. The highest BCUT2D eigenvalue weighted by Crippen LogP contribution is 2.28. The molecule has 0 aliphatic carbocycles. The Kier molecular flexibility index (Phi) is 3.11. The van der Waals surface area contributed by atoms with Crippen molar-refractivity contribution in [1.82, 2.24) is 9.97 Å². The summed E-state index contributed by atoms with van der Waals surface area (Å²) in [5.74, 6) is 0. The van der Waals surface area contributed by atoms with Gasteiger partial charge in [-0.05, 0) is 24.3 Å². The number of benzene rings is 2. The minimum Gasteiger partial charge on any atom is -0.345 e. The number of hydrogen-bond donors (Lipinski definition) is 2. The SMILES string of the molecule is O=S(=O)(Nc1cc2nc[nH]c2cc1Cl)c1ccccc1. The molecule has 0 amide bonds. The minimum atomic E-state index is -3.66. The molecule has 1 aromatic heterocycles. The van der Waals surface area contributed by atoms with E-state index in [4.69, 9.17) is 11.6 Å². The first-order chi connectivity index (χ1) is 9.56. The van der Waals surface area contributed by atoms with Crippen molar-refractivity contribution in [2.45, 2.75) is 4.90 Å². The Balaban J connectivity index is 2.02. The van der Waals surface area contributed by atoms with Gasteiger partial charge in [-0.2, -0.15) is 0 Å². The summed E-state index contributed by atoms with van der Waals surface area (Å²) in [4.78, 5) is 7.16. The fraction of sp³-hybridized carbons (Fsp3) is 0. The zero-order valence-corrected chi connectivity index (χ0v) is 11.7. The van der Waals surface area contributed by atoms with E-state index in [1.54, 1.807) is 30.3 Å². The van der Waals surface area contributed by atoms with E-state index in [-0.39, 0.29) is 4.90 Å². The number of anilines is 1. The van der Waals surface area contributed by atoms with E-state index in [1.807, 2.05) is 0 Å². The van der Waals surface area contributed by atoms with Crippen molar-refractivity contribution in [2.75, 3.05) is 4.72 Å². The number of fused-ring (bicyclic) bond motifs is 1. The molecule has 0 bridgehead atoms. The first kappa shape index (κ1) is 13.0. The van der Waals surface area contributed by atoms with Gasteiger partial charge in [0.25, 0.3) is 10.0 Å². The third-order valence-electron chi connectivity index (χ3n) is 2.81. The molecule has 0 saturated carbocycles. The van der Waals surface area contributed by atoms with E-state index in [9.17, 15) is 8.42 Å². The maximum absolute atomic E-state index is 12.2. The van der Waals surface area contributed by atoms with Crippen LogP contribution in [0.3, 0.4) is 0 Å². The van der Waals surface area contributed by atoms with Gasteiger partial charge in [0.15, 0.2) is 0 Å². The van der Waals surface area contributed by atoms with Crippen molar-refractivity contribution >= 4 is 38.3 Å². The normalized spacial score (nSPS) is 11.7. The quantitative estimate of drug-likeness (QED) is 0.781. The highest BCUT2D eigenvalue weighted by atomic mass is 35.5. The fourth-order valence-corrected chi connectivity index (χ4v) is 3.20. The lowest BCUT2D eigenvalue weighted by molar-refractivity contribution is 0.601. The third kappa shape index (κ3) is 2.35. The van der Waals surface area contributed by atoms with Crippen LogP contribution < -0.4 is 4.72 Å². The van der Waals surface area contributed by atoms with Crippen LogP contribution >= 0.6 is 11.6 Å². The van der Waals surface area contributed by atoms with Gasteiger partial charge in [-0.25, -0.2) is 13.4 Å². The molecule has 0 saturated heterocycles. The topological polar surface area (TPSA) is 74.8 Å². The molecule has 2 N–H and O–H groups in total. The molecule has 0 fully saturated rings. The highest BCUT2D eigenvalue weighted by Gasteiger charge is 2.16. The monoisotopic (exact) mass is 307 g/mol. The molecular formula is C13H10ClN3O2S. The second kappa shape index (κ2) is 4.81. The fourth-order valence-electron chi connectivity index (χ4n) is 1.84. The zero-order chi connectivity index (χ0) is 14.2. The average molecular weight is 308 g/mol. The largest absolute Gasteiger partial charge is 0.345 e. The molecule has 3 rings (SSSR count). The summed E-state index contributed by atoms with van der Waals surface area (Å²) in [6, 6.07) is 11.3. The Morgan fingerprint density at radius 2 is 1.90 bits per heavy atom. The number of aromatic nitrogens is 2. The van der Waals surface area contributed by atoms with Gasteiger partial charge < -0.3 is 4.98 Å². The summed E-state index contributed by atoms with van der Waals surface area (Å²) in [7, 11) is -3.66. The van der Waals surface area contributed by atoms with Crippen molar-refractivity contribution in [2.24, 2.45) is 0 Å². The lowest BCUT2D eigenvalue weighted by Gasteiger charge is -2.09. The molecule has 0 spiro atoms. The molecule has 1 heterocycles. The predicted octanol–water partition coefficient (Wildman–Crippen LogP) is 3.02. The van der Waals surface area contributed by atoms with Crippen LogP contribution in [0.5, 0.6) is 0 Å². The average Bonchev–Trinajstić information content (AvgIpc) is 2.87. The lowest BCUT2D eigenvalue weighted by atomic mass is 10.3. The number of H-pyrrole nitrogens is 1. The first-order valence-electron chi connectivity index (χ1n) is 5.77. The van der Waals surface area contributed by atoms with Crippen molar-refractivity contribution in [1.29, 1.82) is 0 Å². The van der Waals surface area contributed by atoms with E-state index in [0.717, 1.165) is 5.52 Å². The van der Waals surface area contributed by atoms with Crippen molar-refractivity contribution < 1.29 is 8.42 Å². The number of imidazole rings is 1. The Bertz CT molecular complexity index is 860. The number of nitrogens with zero attached hydrogens (tertiary/aromatic N) is 1. The second-order valence-electron chi connectivity index (χ2n) is 4.17. The number of sulfonamides is 1. The van der Waals surface area contributed by atoms with Gasteiger partial charge in [-0.1, -0.05) is 29.8 Å². The molecule has 2 aromatic carbocycles. The molecule has 0 unspecified atom stereocenters. The summed E-state index contributed by atoms with van der Waals surface area (Å²) >= 11 is 6.08. The van der Waals surface area contributed by atoms with E-state index in [1.165, 1.54) is 18.5 Å². The maximum Gasteiger partial charge on any atom is 0.261 e. The summed E-state index contributed by atoms with van der Waals surface area (Å²) in [6.07, 6.45) is 1.52. The number of aromatic amines is 1. The van der Waals surface area contributed by atoms with Crippen molar-refractivity contribution in [3.63, 3.8) is 0 Å². The number of nitrogens with one attached hydrogen (secondary N) is 2. The third-order valence-corrected chi connectivity index (χ3v) is 4.50. The smallest absolute Gasteiger partial charge is 0.261 e. The van der Waals surface area contributed by atoms with E-state index >= 15 is 0 Å². The summed E-state index contributed by atoms with van der Waals surface area (Å²) in [5, 5.41) is 0.307. The van der Waals surface area contributed by atoms with Gasteiger partial charge in [0.05, 0.1) is 33.0 Å². The van der Waals surface area contributed by atoms with Gasteiger partial charge in [0.2, 0.25) is 0 Å². The van der Waals surface area contributed by atoms with Gasteiger partial charge >= 0.3 is 0 Å². The second-order valence-corrected chi connectivity index (χ2v) is 6.26. The van der Waals surface area contributed by atoms with Gasteiger partial charge in [0, 0.05) is 0 Å². The number of rotatable bonds is 3. The van der Waals surface area contributed by atoms with Crippen LogP contribution in [0, 0.1) is 0 Å². The van der Waals surface area contributed by atoms with E-state index in [0.29, 0.717) is 16.2 Å². The van der Waals surface area contributed by atoms with E-state index < -0.39 is 10.0 Å². The van der Waals surface area contributed by atoms with Gasteiger partial charge in [-0.3, -0.25) is 4.72 Å². The van der Waals surface area contributed by atoms with Crippen LogP contribution in [0.2, 0.25) is 5.02 Å². The Morgan fingerprint density at radius 3 is 2.65 bits per heavy atom.